The van der Waals surface area contributed by atoms with E-state index < -0.39 is 5.41 Å². The zero-order valence-electron chi connectivity index (χ0n) is 10.1. The summed E-state index contributed by atoms with van der Waals surface area (Å²) in [4.78, 5) is 20.6. The van der Waals surface area contributed by atoms with Crippen molar-refractivity contribution in [2.75, 3.05) is 6.54 Å². The van der Waals surface area contributed by atoms with Crippen molar-refractivity contribution in [2.24, 2.45) is 11.1 Å². The lowest BCUT2D eigenvalue weighted by atomic mass is 9.75. The summed E-state index contributed by atoms with van der Waals surface area (Å²) in [6.45, 7) is 0.419. The van der Waals surface area contributed by atoms with Gasteiger partial charge in [0.15, 0.2) is 5.78 Å². The number of carbonyl (C=O) groups excluding carboxylic acids is 1. The van der Waals surface area contributed by atoms with E-state index >= 15 is 0 Å². The summed E-state index contributed by atoms with van der Waals surface area (Å²) in [6, 6.07) is 0. The van der Waals surface area contributed by atoms with Crippen LogP contribution in [0.4, 0.5) is 0 Å². The van der Waals surface area contributed by atoms with Crippen molar-refractivity contribution >= 4 is 5.78 Å². The summed E-state index contributed by atoms with van der Waals surface area (Å²) < 4.78 is 0. The Bertz CT molecular complexity index is 370. The van der Waals surface area contributed by atoms with E-state index in [4.69, 9.17) is 5.73 Å². The molecule has 1 saturated carbocycles. The van der Waals surface area contributed by atoms with Gasteiger partial charge in [0, 0.05) is 24.4 Å². The first-order chi connectivity index (χ1) is 8.28. The number of nitrogens with two attached hydrogens (primary N) is 1. The average Bonchev–Trinajstić information content (AvgIpc) is 2.65. The summed E-state index contributed by atoms with van der Waals surface area (Å²) in [5.41, 5.74) is 5.94. The molecule has 0 aromatic carbocycles. The quantitative estimate of drug-likeness (QED) is 0.640. The highest BCUT2D eigenvalue weighted by Gasteiger charge is 2.38. The highest BCUT2D eigenvalue weighted by atomic mass is 16.1. The third-order valence-electron chi connectivity index (χ3n) is 3.73. The van der Waals surface area contributed by atoms with Crippen LogP contribution in [-0.4, -0.2) is 22.3 Å². The first-order valence-corrected chi connectivity index (χ1v) is 6.29. The molecule has 0 saturated heterocycles. The third-order valence-corrected chi connectivity index (χ3v) is 3.73. The predicted molar refractivity (Wildman–Crippen MR) is 65.6 cm³/mol. The van der Waals surface area contributed by atoms with Gasteiger partial charge < -0.3 is 5.73 Å². The van der Waals surface area contributed by atoms with Crippen LogP contribution in [-0.2, 0) is 0 Å². The molecule has 1 aromatic heterocycles. The van der Waals surface area contributed by atoms with Crippen LogP contribution in [0.15, 0.2) is 18.6 Å². The van der Waals surface area contributed by atoms with Gasteiger partial charge in [0.1, 0.15) is 5.69 Å². The van der Waals surface area contributed by atoms with Crippen molar-refractivity contribution in [3.05, 3.63) is 24.3 Å². The van der Waals surface area contributed by atoms with E-state index in [1.54, 1.807) is 18.6 Å². The zero-order valence-corrected chi connectivity index (χ0v) is 10.1. The molecule has 92 valence electrons. The molecule has 2 N–H and O–H groups in total. The third kappa shape index (κ3) is 2.52. The summed E-state index contributed by atoms with van der Waals surface area (Å²) >= 11 is 0. The molecule has 1 aromatic rings. The number of nitrogens with zero attached hydrogens (tertiary/aromatic N) is 2. The number of hydrogen-bond acceptors (Lipinski definition) is 4. The van der Waals surface area contributed by atoms with Gasteiger partial charge in [-0.05, 0) is 12.8 Å². The SMILES string of the molecule is NCC1(C(=O)c2cnccn2)CCCCCC1. The topological polar surface area (TPSA) is 68.9 Å². The molecule has 1 heterocycles. The highest BCUT2D eigenvalue weighted by Crippen LogP contribution is 2.36. The monoisotopic (exact) mass is 233 g/mol. The minimum Gasteiger partial charge on any atom is -0.329 e. The number of hydrogen-bond donors (Lipinski definition) is 1. The molecule has 0 atom stereocenters. The fourth-order valence-electron chi connectivity index (χ4n) is 2.62. The first kappa shape index (κ1) is 12.2. The standard InChI is InChI=1S/C13H19N3O/c14-10-13(5-3-1-2-4-6-13)12(17)11-9-15-7-8-16-11/h7-9H,1-6,10,14H2. The van der Waals surface area contributed by atoms with E-state index in [9.17, 15) is 4.79 Å². The number of ketones is 1. The number of Topliss-reactive ketones (excluding diaryl/α,β-unsaturated/α-hetero) is 1. The molecule has 4 nitrogen and oxygen atoms in total. The molecule has 4 heteroatoms. The Labute approximate surface area is 102 Å². The van der Waals surface area contributed by atoms with Gasteiger partial charge in [-0.2, -0.15) is 0 Å². The van der Waals surface area contributed by atoms with Gasteiger partial charge in [0.2, 0.25) is 0 Å². The van der Waals surface area contributed by atoms with Crippen molar-refractivity contribution in [2.45, 2.75) is 38.5 Å². The molecule has 1 fully saturated rings. The summed E-state index contributed by atoms with van der Waals surface area (Å²) in [6.07, 6.45) is 11.0. The Kier molecular flexibility index (Phi) is 3.84. The zero-order chi connectivity index (χ0) is 12.1. The van der Waals surface area contributed by atoms with E-state index in [1.807, 2.05) is 0 Å². The van der Waals surface area contributed by atoms with Crippen LogP contribution in [0.5, 0.6) is 0 Å². The number of rotatable bonds is 3. The predicted octanol–water partition coefficient (Wildman–Crippen LogP) is 1.96. The first-order valence-electron chi connectivity index (χ1n) is 6.29. The minimum absolute atomic E-state index is 0.0787. The van der Waals surface area contributed by atoms with Crippen molar-refractivity contribution < 1.29 is 4.79 Å². The smallest absolute Gasteiger partial charge is 0.190 e. The molecule has 1 aliphatic rings. The van der Waals surface area contributed by atoms with Crippen LogP contribution in [0.3, 0.4) is 0 Å². The molecule has 2 rings (SSSR count). The van der Waals surface area contributed by atoms with Gasteiger partial charge in [-0.3, -0.25) is 9.78 Å². The van der Waals surface area contributed by atoms with E-state index in [1.165, 1.54) is 12.8 Å². The van der Waals surface area contributed by atoms with Crippen LogP contribution in [0.25, 0.3) is 0 Å². The second kappa shape index (κ2) is 5.36. The highest BCUT2D eigenvalue weighted by molar-refractivity contribution is 5.98. The van der Waals surface area contributed by atoms with Gasteiger partial charge in [-0.15, -0.1) is 0 Å². The molecular formula is C13H19N3O. The van der Waals surface area contributed by atoms with Crippen LogP contribution in [0, 0.1) is 5.41 Å². The number of carbonyl (C=O) groups is 1. The molecule has 0 unspecified atom stereocenters. The Balaban J connectivity index is 2.25. The molecule has 0 bridgehead atoms. The molecule has 1 aliphatic carbocycles. The Morgan fingerprint density at radius 1 is 1.24 bits per heavy atom. The van der Waals surface area contributed by atoms with Crippen molar-refractivity contribution in [1.82, 2.24) is 9.97 Å². The largest absolute Gasteiger partial charge is 0.329 e. The maximum Gasteiger partial charge on any atom is 0.190 e. The Hall–Kier alpha value is -1.29. The second-order valence-corrected chi connectivity index (χ2v) is 4.82. The van der Waals surface area contributed by atoms with Crippen molar-refractivity contribution in [1.29, 1.82) is 0 Å². The maximum atomic E-state index is 12.5. The Morgan fingerprint density at radius 2 is 1.94 bits per heavy atom. The number of aromatic nitrogens is 2. The van der Waals surface area contributed by atoms with E-state index in [0.717, 1.165) is 25.7 Å². The van der Waals surface area contributed by atoms with E-state index in [-0.39, 0.29) is 5.78 Å². The molecule has 0 amide bonds. The average molecular weight is 233 g/mol. The van der Waals surface area contributed by atoms with E-state index in [2.05, 4.69) is 9.97 Å². The van der Waals surface area contributed by atoms with Crippen molar-refractivity contribution in [3.63, 3.8) is 0 Å². The lowest BCUT2D eigenvalue weighted by Crippen LogP contribution is -2.38. The van der Waals surface area contributed by atoms with Gasteiger partial charge in [0.25, 0.3) is 0 Å². The van der Waals surface area contributed by atoms with E-state index in [0.29, 0.717) is 12.2 Å². The molecule has 0 aliphatic heterocycles. The summed E-state index contributed by atoms with van der Waals surface area (Å²) in [5.74, 6) is 0.0787. The summed E-state index contributed by atoms with van der Waals surface area (Å²) in [5, 5.41) is 0. The van der Waals surface area contributed by atoms with Gasteiger partial charge in [-0.1, -0.05) is 25.7 Å². The Morgan fingerprint density at radius 3 is 2.47 bits per heavy atom. The van der Waals surface area contributed by atoms with Crippen LogP contribution >= 0.6 is 0 Å². The maximum absolute atomic E-state index is 12.5. The second-order valence-electron chi connectivity index (χ2n) is 4.82. The van der Waals surface area contributed by atoms with Gasteiger partial charge in [-0.25, -0.2) is 4.98 Å². The lowest BCUT2D eigenvalue weighted by molar-refractivity contribution is 0.0768. The van der Waals surface area contributed by atoms with Crippen LogP contribution in [0.2, 0.25) is 0 Å². The molecule has 0 radical (unpaired) electrons. The van der Waals surface area contributed by atoms with Crippen LogP contribution < -0.4 is 5.73 Å². The molecule has 0 spiro atoms. The molecule has 17 heavy (non-hydrogen) atoms. The van der Waals surface area contributed by atoms with Crippen LogP contribution in [0.1, 0.15) is 49.0 Å². The fraction of sp³-hybridized carbons (Fsp3) is 0.615. The van der Waals surface area contributed by atoms with Crippen molar-refractivity contribution in [3.8, 4) is 0 Å². The lowest BCUT2D eigenvalue weighted by Gasteiger charge is -2.29. The van der Waals surface area contributed by atoms with Gasteiger partial charge in [0.05, 0.1) is 6.20 Å². The van der Waals surface area contributed by atoms with Gasteiger partial charge >= 0.3 is 0 Å². The normalized spacial score (nSPS) is 19.6. The fourth-order valence-corrected chi connectivity index (χ4v) is 2.62. The summed E-state index contributed by atoms with van der Waals surface area (Å²) in [7, 11) is 0. The molecular weight excluding hydrogens is 214 g/mol. The minimum atomic E-state index is -0.396.